The zero-order chi connectivity index (χ0) is 11.9. The lowest BCUT2D eigenvalue weighted by atomic mass is 10.2. The quantitative estimate of drug-likeness (QED) is 0.674. The van der Waals surface area contributed by atoms with Gasteiger partial charge in [-0.25, -0.2) is 19.8 Å². The molecule has 0 spiro atoms. The van der Waals surface area contributed by atoms with Gasteiger partial charge in [-0.05, 0) is 0 Å². The molecular weight excluding hydrogens is 229 g/mol. The Morgan fingerprint density at radius 1 is 1.50 bits per heavy atom. The fraction of sp³-hybridized carbons (Fsp3) is 0.286. The molecule has 0 bridgehead atoms. The zero-order valence-electron chi connectivity index (χ0n) is 7.56. The monoisotopic (exact) mass is 234 g/mol. The topological polar surface area (TPSA) is 77.3 Å². The lowest BCUT2D eigenvalue weighted by Gasteiger charge is -2.29. The van der Waals surface area contributed by atoms with Crippen LogP contribution in [0.4, 0.5) is 13.2 Å². The number of alkyl halides is 3. The molecule has 9 heteroatoms. The molecule has 0 amide bonds. The minimum absolute atomic E-state index is 0.559. The van der Waals surface area contributed by atoms with Crippen molar-refractivity contribution < 1.29 is 23.1 Å². The fourth-order valence-corrected chi connectivity index (χ4v) is 1.36. The molecule has 0 unspecified atom stereocenters. The zero-order valence-corrected chi connectivity index (χ0v) is 7.56. The van der Waals surface area contributed by atoms with Crippen molar-refractivity contribution >= 4 is 18.5 Å². The number of rotatable bonds is 1. The van der Waals surface area contributed by atoms with Gasteiger partial charge in [0.05, 0.1) is 0 Å². The van der Waals surface area contributed by atoms with Gasteiger partial charge in [-0.2, -0.15) is 13.2 Å². The molecule has 2 aliphatic heterocycles. The van der Waals surface area contributed by atoms with Crippen LogP contribution in [0.1, 0.15) is 0 Å². The Morgan fingerprint density at radius 2 is 2.19 bits per heavy atom. The Balaban J connectivity index is 2.51. The Bertz CT molecular complexity index is 426. The highest BCUT2D eigenvalue weighted by molar-refractivity contribution is 6.10. The van der Waals surface area contributed by atoms with E-state index in [4.69, 9.17) is 5.11 Å². The lowest BCUT2D eigenvalue weighted by molar-refractivity contribution is -0.136. The third kappa shape index (κ3) is 1.49. The summed E-state index contributed by atoms with van der Waals surface area (Å²) >= 11 is 0. The van der Waals surface area contributed by atoms with Gasteiger partial charge in [0.2, 0.25) is 6.29 Å². The van der Waals surface area contributed by atoms with Gasteiger partial charge in [-0.1, -0.05) is 0 Å². The fourth-order valence-electron chi connectivity index (χ4n) is 1.36. The molecule has 2 rings (SSSR count). The second kappa shape index (κ2) is 3.22. The number of aliphatic carboxylic acids is 1. The number of fused-ring (bicyclic) bond motifs is 1. The van der Waals surface area contributed by atoms with Crippen LogP contribution in [0.25, 0.3) is 0 Å². The minimum atomic E-state index is -4.79. The molecule has 0 aliphatic carbocycles. The number of halogens is 3. The molecule has 2 aliphatic rings. The predicted octanol–water partition coefficient (Wildman–Crippen LogP) is 0.104. The van der Waals surface area contributed by atoms with Crippen molar-refractivity contribution in [3.63, 3.8) is 0 Å². The van der Waals surface area contributed by atoms with Crippen molar-refractivity contribution in [3.8, 4) is 0 Å². The van der Waals surface area contributed by atoms with Gasteiger partial charge in [0.1, 0.15) is 11.9 Å². The van der Waals surface area contributed by atoms with Gasteiger partial charge in [0.15, 0.2) is 5.70 Å². The van der Waals surface area contributed by atoms with Gasteiger partial charge in [0.25, 0.3) is 0 Å². The number of carboxylic acid groups (broad SMARTS) is 1. The van der Waals surface area contributed by atoms with Crippen LogP contribution in [-0.2, 0) is 4.79 Å². The van der Waals surface area contributed by atoms with Crippen molar-refractivity contribution in [1.82, 2.24) is 10.4 Å². The number of allylic oxidation sites excluding steroid dienone is 1. The Labute approximate surface area is 86.8 Å². The maximum Gasteiger partial charge on any atom is 0.433 e. The second-order valence-corrected chi connectivity index (χ2v) is 2.97. The van der Waals surface area contributed by atoms with E-state index in [2.05, 4.69) is 15.4 Å². The highest BCUT2D eigenvalue weighted by Crippen LogP contribution is 2.34. The van der Waals surface area contributed by atoms with E-state index in [0.717, 1.165) is 6.34 Å². The van der Waals surface area contributed by atoms with E-state index in [0.29, 0.717) is 11.2 Å². The number of nitrogens with one attached hydrogen (secondary N) is 1. The lowest BCUT2D eigenvalue weighted by Crippen LogP contribution is -2.45. The highest BCUT2D eigenvalue weighted by Gasteiger charge is 2.46. The van der Waals surface area contributed by atoms with E-state index in [1.807, 2.05) is 0 Å². The van der Waals surface area contributed by atoms with E-state index >= 15 is 0 Å². The summed E-state index contributed by atoms with van der Waals surface area (Å²) in [6, 6.07) is 0. The summed E-state index contributed by atoms with van der Waals surface area (Å²) in [4.78, 5) is 17.8. The third-order valence-electron chi connectivity index (χ3n) is 1.97. The van der Waals surface area contributed by atoms with Crippen LogP contribution in [0.3, 0.4) is 0 Å². The van der Waals surface area contributed by atoms with Gasteiger partial charge < -0.3 is 5.11 Å². The minimum Gasteiger partial charge on any atom is -0.478 e. The van der Waals surface area contributed by atoms with Crippen LogP contribution >= 0.6 is 0 Å². The summed E-state index contributed by atoms with van der Waals surface area (Å²) in [7, 11) is 0. The summed E-state index contributed by atoms with van der Waals surface area (Å²) in [6.45, 7) is 0. The molecule has 0 radical (unpaired) electrons. The first-order valence-electron chi connectivity index (χ1n) is 4.06. The van der Waals surface area contributed by atoms with Gasteiger partial charge >= 0.3 is 12.1 Å². The molecule has 0 aromatic rings. The van der Waals surface area contributed by atoms with Gasteiger partial charge in [0, 0.05) is 6.21 Å². The number of carbonyl (C=O) groups is 1. The molecule has 0 aromatic carbocycles. The molecule has 16 heavy (non-hydrogen) atoms. The normalized spacial score (nSPS) is 23.4. The van der Waals surface area contributed by atoms with E-state index in [-0.39, 0.29) is 0 Å². The molecule has 1 atom stereocenters. The first kappa shape index (κ1) is 10.5. The maximum atomic E-state index is 12.7. The van der Waals surface area contributed by atoms with E-state index < -0.39 is 29.7 Å². The van der Waals surface area contributed by atoms with E-state index in [1.165, 1.54) is 0 Å². The van der Waals surface area contributed by atoms with Crippen LogP contribution in [0.2, 0.25) is 0 Å². The van der Waals surface area contributed by atoms with Crippen molar-refractivity contribution in [3.05, 3.63) is 11.3 Å². The van der Waals surface area contributed by atoms with Crippen LogP contribution in [0.15, 0.2) is 21.3 Å². The number of nitrogens with zero attached hydrogens (tertiary/aromatic N) is 3. The van der Waals surface area contributed by atoms with Crippen LogP contribution < -0.4 is 5.43 Å². The molecule has 0 aromatic heterocycles. The molecule has 6 nitrogen and oxygen atoms in total. The molecule has 0 saturated carbocycles. The first-order valence-corrected chi connectivity index (χ1v) is 4.06. The largest absolute Gasteiger partial charge is 0.478 e. The number of carboxylic acids is 1. The molecule has 0 saturated heterocycles. The smallest absolute Gasteiger partial charge is 0.433 e. The van der Waals surface area contributed by atoms with Crippen molar-refractivity contribution in [2.45, 2.75) is 12.5 Å². The average molecular weight is 234 g/mol. The van der Waals surface area contributed by atoms with E-state index in [9.17, 15) is 18.0 Å². The molecule has 2 heterocycles. The number of hydrogen-bond donors (Lipinski definition) is 2. The average Bonchev–Trinajstić information content (AvgIpc) is 2.61. The van der Waals surface area contributed by atoms with Crippen LogP contribution in [-0.4, -0.2) is 41.1 Å². The third-order valence-corrected chi connectivity index (χ3v) is 1.97. The molecule has 2 N–H and O–H groups in total. The molecular formula is C7H5F3N4O2. The van der Waals surface area contributed by atoms with Crippen LogP contribution in [0.5, 0.6) is 0 Å². The Kier molecular flexibility index (Phi) is 2.10. The number of hydrazine groups is 1. The summed E-state index contributed by atoms with van der Waals surface area (Å²) in [5.41, 5.74) is -0.0362. The standard InChI is InChI=1S/C7H5F3N4O2/c8-7(9,10)4-3(5(15)16)1-11-6-12-2-13-14(4)6/h1-2,6H,(H,12,13)(H,15,16)/t6-/m0/s1. The summed E-state index contributed by atoms with van der Waals surface area (Å²) < 4.78 is 38.0. The number of aliphatic imine (C=N–C) groups is 2. The van der Waals surface area contributed by atoms with Crippen LogP contribution in [0, 0.1) is 0 Å². The van der Waals surface area contributed by atoms with Crippen molar-refractivity contribution in [1.29, 1.82) is 0 Å². The summed E-state index contributed by atoms with van der Waals surface area (Å²) in [5.74, 6) is -1.69. The summed E-state index contributed by atoms with van der Waals surface area (Å²) in [6.07, 6.45) is -4.20. The highest BCUT2D eigenvalue weighted by atomic mass is 19.4. The predicted molar refractivity (Wildman–Crippen MR) is 46.5 cm³/mol. The van der Waals surface area contributed by atoms with E-state index in [1.54, 1.807) is 0 Å². The first-order chi connectivity index (χ1) is 7.41. The van der Waals surface area contributed by atoms with Crippen molar-refractivity contribution in [2.24, 2.45) is 9.98 Å². The molecule has 86 valence electrons. The number of hydrogen-bond acceptors (Lipinski definition) is 5. The maximum absolute atomic E-state index is 12.7. The van der Waals surface area contributed by atoms with Gasteiger partial charge in [-0.3, -0.25) is 5.43 Å². The van der Waals surface area contributed by atoms with Crippen molar-refractivity contribution in [2.75, 3.05) is 0 Å². The Morgan fingerprint density at radius 3 is 2.75 bits per heavy atom. The van der Waals surface area contributed by atoms with Gasteiger partial charge in [-0.15, -0.1) is 0 Å². The summed E-state index contributed by atoms with van der Waals surface area (Å²) in [5, 5.41) is 9.21. The second-order valence-electron chi connectivity index (χ2n) is 2.97. The Hall–Kier alpha value is -2.06. The SMILES string of the molecule is O=C(O)C1=C(C(F)(F)F)N2NC=N[C@@H]2N=C1. The molecule has 0 fully saturated rings.